The summed E-state index contributed by atoms with van der Waals surface area (Å²) in [6.45, 7) is 0.0973. The highest BCUT2D eigenvalue weighted by molar-refractivity contribution is 7.90. The normalized spacial score (nSPS) is 15.2. The number of nitrogens with one attached hydrogen (secondary N) is 1. The van der Waals surface area contributed by atoms with Gasteiger partial charge in [-0.15, -0.1) is 0 Å². The molecular weight excluding hydrogens is 359 g/mol. The quantitative estimate of drug-likeness (QED) is 0.645. The first kappa shape index (κ1) is 17.6. The van der Waals surface area contributed by atoms with Crippen molar-refractivity contribution in [1.82, 2.24) is 14.9 Å². The summed E-state index contributed by atoms with van der Waals surface area (Å²) >= 11 is 0. The fourth-order valence-corrected chi connectivity index (χ4v) is 3.27. The molecule has 6 nitrogen and oxygen atoms in total. The Balaban J connectivity index is 1.93. The predicted octanol–water partition coefficient (Wildman–Crippen LogP) is 1.15. The van der Waals surface area contributed by atoms with Gasteiger partial charge in [0.2, 0.25) is 15.0 Å². The zero-order valence-corrected chi connectivity index (χ0v) is 14.0. The molecule has 0 bridgehead atoms. The summed E-state index contributed by atoms with van der Waals surface area (Å²) < 4.78 is 64.1. The lowest BCUT2D eigenvalue weighted by atomic mass is 10.1. The van der Waals surface area contributed by atoms with Gasteiger partial charge in [-0.3, -0.25) is 14.7 Å². The largest absolute Gasteiger partial charge is 0.297 e. The Hall–Kier alpha value is -2.20. The van der Waals surface area contributed by atoms with E-state index in [0.717, 1.165) is 12.3 Å². The second-order valence-electron chi connectivity index (χ2n) is 5.85. The highest BCUT2D eigenvalue weighted by atomic mass is 32.2. The monoisotopic (exact) mass is 373 g/mol. The minimum absolute atomic E-state index is 0.0250. The number of hydrogen-bond donors (Lipinski definition) is 1. The average molecular weight is 373 g/mol. The molecule has 134 valence electrons. The third-order valence-electron chi connectivity index (χ3n) is 4.00. The molecule has 0 radical (unpaired) electrons. The van der Waals surface area contributed by atoms with E-state index in [1.165, 1.54) is 0 Å². The summed E-state index contributed by atoms with van der Waals surface area (Å²) in [5.41, 5.74) is -0.402. The van der Waals surface area contributed by atoms with Gasteiger partial charge in [-0.05, 0) is 18.6 Å². The van der Waals surface area contributed by atoms with Crippen LogP contribution in [-0.2, 0) is 29.3 Å². The second-order valence-corrected chi connectivity index (χ2v) is 7.78. The molecule has 0 aliphatic carbocycles. The molecule has 1 aliphatic rings. The molecule has 0 atom stereocenters. The molecular formula is C15H14F3N3O3S. The van der Waals surface area contributed by atoms with Crippen LogP contribution in [0.5, 0.6) is 0 Å². The van der Waals surface area contributed by atoms with Gasteiger partial charge in [0.05, 0.1) is 5.69 Å². The van der Waals surface area contributed by atoms with Crippen molar-refractivity contribution in [2.45, 2.75) is 24.7 Å². The van der Waals surface area contributed by atoms with Crippen molar-refractivity contribution in [3.63, 3.8) is 0 Å². The number of aromatic amines is 1. The molecule has 0 spiro atoms. The number of aromatic nitrogens is 2. The number of rotatable bonds is 3. The maximum Gasteiger partial charge on any atom is 0.255 e. The number of fused-ring (bicyclic) bond motifs is 1. The summed E-state index contributed by atoms with van der Waals surface area (Å²) in [4.78, 5) is 19.7. The van der Waals surface area contributed by atoms with E-state index < -0.39 is 43.6 Å². The minimum atomic E-state index is -3.71. The molecule has 0 amide bonds. The van der Waals surface area contributed by atoms with Crippen molar-refractivity contribution in [2.24, 2.45) is 0 Å². The SMILES string of the molecule is CS(=O)(=O)c1nc2c(c(=O)[nH]1)CCN(Cc1c(F)ccc(F)c1F)C2. The fourth-order valence-electron chi connectivity index (χ4n) is 2.72. The summed E-state index contributed by atoms with van der Waals surface area (Å²) in [5, 5.41) is -0.457. The Morgan fingerprint density at radius 3 is 2.60 bits per heavy atom. The Kier molecular flexibility index (Phi) is 4.41. The van der Waals surface area contributed by atoms with Gasteiger partial charge >= 0.3 is 0 Å². The molecule has 1 aromatic carbocycles. The molecule has 0 unspecified atom stereocenters. The van der Waals surface area contributed by atoms with Gasteiger partial charge in [0.15, 0.2) is 11.6 Å². The van der Waals surface area contributed by atoms with E-state index in [1.807, 2.05) is 0 Å². The first-order valence-electron chi connectivity index (χ1n) is 7.33. The number of benzene rings is 1. The number of H-pyrrole nitrogens is 1. The lowest BCUT2D eigenvalue weighted by molar-refractivity contribution is 0.231. The van der Waals surface area contributed by atoms with Crippen molar-refractivity contribution < 1.29 is 21.6 Å². The third-order valence-corrected chi connectivity index (χ3v) is 4.90. The van der Waals surface area contributed by atoms with Crippen LogP contribution in [0.4, 0.5) is 13.2 Å². The lowest BCUT2D eigenvalue weighted by Gasteiger charge is -2.27. The van der Waals surface area contributed by atoms with E-state index in [2.05, 4.69) is 9.97 Å². The predicted molar refractivity (Wildman–Crippen MR) is 82.1 cm³/mol. The molecule has 0 saturated heterocycles. The van der Waals surface area contributed by atoms with E-state index in [9.17, 15) is 26.4 Å². The standard InChI is InChI=1S/C15H14F3N3O3S/c1-25(23,24)15-19-12-7-21(5-4-8(12)14(22)20-15)6-9-10(16)2-3-11(17)13(9)18/h2-3H,4-7H2,1H3,(H,19,20,22). The molecule has 0 fully saturated rings. The molecule has 1 N–H and O–H groups in total. The van der Waals surface area contributed by atoms with Crippen LogP contribution < -0.4 is 5.56 Å². The van der Waals surface area contributed by atoms with Gasteiger partial charge in [0.1, 0.15) is 5.82 Å². The number of sulfone groups is 1. The maximum absolute atomic E-state index is 13.8. The van der Waals surface area contributed by atoms with E-state index in [0.29, 0.717) is 18.2 Å². The molecule has 0 saturated carbocycles. The minimum Gasteiger partial charge on any atom is -0.297 e. The van der Waals surface area contributed by atoms with Gasteiger partial charge in [0.25, 0.3) is 5.56 Å². The van der Waals surface area contributed by atoms with Crippen LogP contribution in [0.1, 0.15) is 16.8 Å². The zero-order valence-electron chi connectivity index (χ0n) is 13.1. The van der Waals surface area contributed by atoms with Crippen molar-refractivity contribution in [2.75, 3.05) is 12.8 Å². The smallest absolute Gasteiger partial charge is 0.255 e. The average Bonchev–Trinajstić information content (AvgIpc) is 2.54. The van der Waals surface area contributed by atoms with Crippen LogP contribution in [0.3, 0.4) is 0 Å². The Labute approximate surface area is 141 Å². The van der Waals surface area contributed by atoms with Crippen LogP contribution in [0, 0.1) is 17.5 Å². The molecule has 1 aromatic heterocycles. The number of nitrogens with zero attached hydrogens (tertiary/aromatic N) is 2. The van der Waals surface area contributed by atoms with Crippen LogP contribution in [0.2, 0.25) is 0 Å². The Morgan fingerprint density at radius 1 is 1.24 bits per heavy atom. The Bertz CT molecular complexity index is 1010. The highest BCUT2D eigenvalue weighted by Crippen LogP contribution is 2.21. The molecule has 2 heterocycles. The van der Waals surface area contributed by atoms with E-state index >= 15 is 0 Å². The van der Waals surface area contributed by atoms with Gasteiger partial charge in [-0.25, -0.2) is 26.6 Å². The first-order chi connectivity index (χ1) is 11.7. The topological polar surface area (TPSA) is 83.1 Å². The van der Waals surface area contributed by atoms with E-state index in [4.69, 9.17) is 0 Å². The van der Waals surface area contributed by atoms with Gasteiger partial charge < -0.3 is 0 Å². The molecule has 2 aromatic rings. The molecule has 1 aliphatic heterocycles. The van der Waals surface area contributed by atoms with Crippen LogP contribution in [0.15, 0.2) is 22.1 Å². The van der Waals surface area contributed by atoms with Crippen molar-refractivity contribution >= 4 is 9.84 Å². The van der Waals surface area contributed by atoms with E-state index in [-0.39, 0.29) is 25.2 Å². The van der Waals surface area contributed by atoms with Crippen molar-refractivity contribution in [1.29, 1.82) is 0 Å². The molecule has 10 heteroatoms. The molecule has 25 heavy (non-hydrogen) atoms. The van der Waals surface area contributed by atoms with E-state index in [1.54, 1.807) is 4.90 Å². The summed E-state index contributed by atoms with van der Waals surface area (Å²) in [5.74, 6) is -3.29. The van der Waals surface area contributed by atoms with Gasteiger partial charge in [0, 0.05) is 37.0 Å². The summed E-state index contributed by atoms with van der Waals surface area (Å²) in [6, 6.07) is 1.55. The Morgan fingerprint density at radius 2 is 1.92 bits per heavy atom. The number of hydrogen-bond acceptors (Lipinski definition) is 5. The summed E-state index contributed by atoms with van der Waals surface area (Å²) in [6.07, 6.45) is 1.15. The van der Waals surface area contributed by atoms with Gasteiger partial charge in [-0.1, -0.05) is 0 Å². The van der Waals surface area contributed by atoms with Crippen molar-refractivity contribution in [3.05, 3.63) is 56.8 Å². The van der Waals surface area contributed by atoms with Crippen molar-refractivity contribution in [3.8, 4) is 0 Å². The van der Waals surface area contributed by atoms with Crippen LogP contribution in [0.25, 0.3) is 0 Å². The van der Waals surface area contributed by atoms with Crippen LogP contribution in [-0.4, -0.2) is 36.1 Å². The zero-order chi connectivity index (χ0) is 18.4. The van der Waals surface area contributed by atoms with Crippen LogP contribution >= 0.6 is 0 Å². The summed E-state index contributed by atoms with van der Waals surface area (Å²) in [7, 11) is -3.71. The fraction of sp³-hybridized carbons (Fsp3) is 0.333. The number of halogens is 3. The first-order valence-corrected chi connectivity index (χ1v) is 9.23. The lowest BCUT2D eigenvalue weighted by Crippen LogP contribution is -2.36. The molecule has 3 rings (SSSR count). The maximum atomic E-state index is 13.8. The second kappa shape index (κ2) is 6.26. The third kappa shape index (κ3) is 3.45. The van der Waals surface area contributed by atoms with Gasteiger partial charge in [-0.2, -0.15) is 0 Å². The highest BCUT2D eigenvalue weighted by Gasteiger charge is 2.25.